The van der Waals surface area contributed by atoms with Crippen LogP contribution in [0.5, 0.6) is 0 Å². The lowest BCUT2D eigenvalue weighted by molar-refractivity contribution is -0.114. The fraction of sp³-hybridized carbons (Fsp3) is 0.667. The van der Waals surface area contributed by atoms with E-state index in [1.54, 1.807) is 16.9 Å². The summed E-state index contributed by atoms with van der Waals surface area (Å²) in [6.07, 6.45) is 2.45. The van der Waals surface area contributed by atoms with Gasteiger partial charge in [0.2, 0.25) is 15.9 Å². The van der Waals surface area contributed by atoms with E-state index in [0.717, 1.165) is 0 Å². The van der Waals surface area contributed by atoms with Crippen LogP contribution in [0.25, 0.3) is 0 Å². The molecule has 1 unspecified atom stereocenters. The number of rotatable bonds is 6. The Morgan fingerprint density at radius 2 is 2.33 bits per heavy atom. The predicted molar refractivity (Wildman–Crippen MR) is 77.4 cm³/mol. The number of aromatic nitrogens is 2. The third-order valence-electron chi connectivity index (χ3n) is 3.35. The number of nitrogens with one attached hydrogen (secondary N) is 1. The maximum Gasteiger partial charge on any atom is 0.222 e. The average Bonchev–Trinajstić information content (AvgIpc) is 3.04. The first kappa shape index (κ1) is 15.9. The Morgan fingerprint density at radius 1 is 1.57 bits per heavy atom. The van der Waals surface area contributed by atoms with E-state index in [0.29, 0.717) is 25.3 Å². The molecule has 21 heavy (non-hydrogen) atoms. The second kappa shape index (κ2) is 6.54. The van der Waals surface area contributed by atoms with Crippen molar-refractivity contribution in [3.8, 4) is 0 Å². The molecule has 1 N–H and O–H groups in total. The quantitative estimate of drug-likeness (QED) is 0.801. The van der Waals surface area contributed by atoms with Crippen LogP contribution in [0.3, 0.4) is 0 Å². The molecule has 0 spiro atoms. The Morgan fingerprint density at radius 3 is 3.00 bits per heavy atom. The van der Waals surface area contributed by atoms with Gasteiger partial charge in [-0.1, -0.05) is 0 Å². The van der Waals surface area contributed by atoms with Gasteiger partial charge in [-0.15, -0.1) is 0 Å². The van der Waals surface area contributed by atoms with E-state index in [9.17, 15) is 13.2 Å². The Labute approximate surface area is 124 Å². The van der Waals surface area contributed by atoms with Gasteiger partial charge in [-0.05, 0) is 6.42 Å². The van der Waals surface area contributed by atoms with Crippen LogP contribution in [0.1, 0.15) is 19.4 Å². The average molecular weight is 316 g/mol. The van der Waals surface area contributed by atoms with Gasteiger partial charge in [0.05, 0.1) is 18.4 Å². The van der Waals surface area contributed by atoms with Crippen molar-refractivity contribution in [3.05, 3.63) is 12.3 Å². The topological polar surface area (TPSA) is 93.5 Å². The lowest BCUT2D eigenvalue weighted by Crippen LogP contribution is -2.32. The summed E-state index contributed by atoms with van der Waals surface area (Å²) in [5.41, 5.74) is 0. The highest BCUT2D eigenvalue weighted by molar-refractivity contribution is 7.89. The van der Waals surface area contributed by atoms with Crippen molar-refractivity contribution in [2.75, 3.05) is 37.9 Å². The largest absolute Gasteiger partial charge is 0.384 e. The number of carbonyl (C=O) groups is 1. The van der Waals surface area contributed by atoms with Crippen molar-refractivity contribution >= 4 is 21.7 Å². The van der Waals surface area contributed by atoms with Crippen LogP contribution < -0.4 is 5.32 Å². The zero-order valence-electron chi connectivity index (χ0n) is 12.2. The molecule has 1 atom stereocenters. The second-order valence-corrected chi connectivity index (χ2v) is 7.06. The normalized spacial score (nSPS) is 19.8. The zero-order chi connectivity index (χ0) is 15.5. The minimum atomic E-state index is -3.28. The summed E-state index contributed by atoms with van der Waals surface area (Å²) in [6.45, 7) is 2.48. The molecule has 1 aromatic rings. The molecule has 0 radical (unpaired) electrons. The lowest BCUT2D eigenvalue weighted by Gasteiger charge is -2.16. The Hall–Kier alpha value is -1.45. The Balaban J connectivity index is 1.99. The van der Waals surface area contributed by atoms with Crippen LogP contribution in [0.4, 0.5) is 5.82 Å². The van der Waals surface area contributed by atoms with Crippen molar-refractivity contribution in [2.24, 2.45) is 0 Å². The molecule has 1 saturated heterocycles. The van der Waals surface area contributed by atoms with Gasteiger partial charge in [0.15, 0.2) is 5.82 Å². The molecule has 1 fully saturated rings. The number of hydrogen-bond acceptors (Lipinski definition) is 5. The molecule has 1 aromatic heterocycles. The van der Waals surface area contributed by atoms with E-state index in [4.69, 9.17) is 4.74 Å². The fourth-order valence-corrected chi connectivity index (χ4v) is 3.70. The molecular formula is C12H20N4O4S. The van der Waals surface area contributed by atoms with Crippen LogP contribution in [-0.2, 0) is 19.6 Å². The standard InChI is InChI=1S/C12H20N4O4S/c1-10(17)13-12-4-6-16(14-12)11-3-5-15(9-11)21(18,19)8-7-20-2/h4,6,11H,3,5,7-9H2,1-2H3,(H,13,14,17). The summed E-state index contributed by atoms with van der Waals surface area (Å²) in [4.78, 5) is 11.0. The fourth-order valence-electron chi connectivity index (χ4n) is 2.29. The molecule has 8 nitrogen and oxygen atoms in total. The van der Waals surface area contributed by atoms with Crippen molar-refractivity contribution in [2.45, 2.75) is 19.4 Å². The first-order valence-corrected chi connectivity index (χ1v) is 8.33. The van der Waals surface area contributed by atoms with Crippen LogP contribution in [0.2, 0.25) is 0 Å². The number of nitrogens with zero attached hydrogens (tertiary/aromatic N) is 3. The third-order valence-corrected chi connectivity index (χ3v) is 5.15. The molecule has 1 aliphatic rings. The van der Waals surface area contributed by atoms with Crippen LogP contribution in [0.15, 0.2) is 12.3 Å². The van der Waals surface area contributed by atoms with Crippen LogP contribution in [-0.4, -0.2) is 61.0 Å². The smallest absolute Gasteiger partial charge is 0.222 e. The first-order valence-electron chi connectivity index (χ1n) is 6.72. The number of hydrogen-bond donors (Lipinski definition) is 1. The molecule has 0 aliphatic carbocycles. The van der Waals surface area contributed by atoms with Crippen molar-refractivity contribution in [1.82, 2.24) is 14.1 Å². The van der Waals surface area contributed by atoms with E-state index < -0.39 is 10.0 Å². The predicted octanol–water partition coefficient (Wildman–Crippen LogP) is 0.0645. The Kier molecular flexibility index (Phi) is 4.96. The van der Waals surface area contributed by atoms with Gasteiger partial charge >= 0.3 is 0 Å². The van der Waals surface area contributed by atoms with Crippen LogP contribution >= 0.6 is 0 Å². The second-order valence-electron chi connectivity index (χ2n) is 4.97. The van der Waals surface area contributed by atoms with Gasteiger partial charge in [0, 0.05) is 39.4 Å². The molecule has 2 heterocycles. The van der Waals surface area contributed by atoms with E-state index in [-0.39, 0.29) is 24.3 Å². The molecule has 0 aromatic carbocycles. The number of carbonyl (C=O) groups excluding carboxylic acids is 1. The molecule has 0 bridgehead atoms. The van der Waals surface area contributed by atoms with Gasteiger partial charge in [-0.2, -0.15) is 9.40 Å². The van der Waals surface area contributed by atoms with Gasteiger partial charge in [-0.25, -0.2) is 8.42 Å². The minimum Gasteiger partial charge on any atom is -0.384 e. The van der Waals surface area contributed by atoms with E-state index in [2.05, 4.69) is 10.4 Å². The van der Waals surface area contributed by atoms with E-state index in [1.807, 2.05) is 0 Å². The summed E-state index contributed by atoms with van der Waals surface area (Å²) >= 11 is 0. The van der Waals surface area contributed by atoms with Crippen LogP contribution in [0, 0.1) is 0 Å². The monoisotopic (exact) mass is 316 g/mol. The summed E-state index contributed by atoms with van der Waals surface area (Å²) in [5, 5.41) is 6.85. The molecule has 1 amide bonds. The lowest BCUT2D eigenvalue weighted by atomic mass is 10.3. The molecule has 0 saturated carbocycles. The summed E-state index contributed by atoms with van der Waals surface area (Å²) in [6, 6.07) is 1.69. The SMILES string of the molecule is COCCS(=O)(=O)N1CCC(n2ccc(NC(C)=O)n2)C1. The van der Waals surface area contributed by atoms with E-state index >= 15 is 0 Å². The van der Waals surface area contributed by atoms with Crippen molar-refractivity contribution < 1.29 is 17.9 Å². The number of methoxy groups -OCH3 is 1. The molecule has 1 aliphatic heterocycles. The van der Waals surface area contributed by atoms with E-state index in [1.165, 1.54) is 18.3 Å². The summed E-state index contributed by atoms with van der Waals surface area (Å²) < 4.78 is 32.2. The number of anilines is 1. The number of amides is 1. The Bertz CT molecular complexity index is 598. The molecule has 2 rings (SSSR count). The van der Waals surface area contributed by atoms with Gasteiger partial charge < -0.3 is 10.1 Å². The first-order chi connectivity index (χ1) is 9.92. The zero-order valence-corrected chi connectivity index (χ0v) is 13.0. The van der Waals surface area contributed by atoms with Crippen molar-refractivity contribution in [1.29, 1.82) is 0 Å². The highest BCUT2D eigenvalue weighted by Gasteiger charge is 2.32. The van der Waals surface area contributed by atoms with Gasteiger partial charge in [0.1, 0.15) is 0 Å². The molecule has 9 heteroatoms. The third kappa shape index (κ3) is 4.02. The molecule has 118 valence electrons. The highest BCUT2D eigenvalue weighted by Crippen LogP contribution is 2.24. The number of sulfonamides is 1. The minimum absolute atomic E-state index is 0.00747. The molecular weight excluding hydrogens is 296 g/mol. The summed E-state index contributed by atoms with van der Waals surface area (Å²) in [7, 11) is -1.80. The highest BCUT2D eigenvalue weighted by atomic mass is 32.2. The van der Waals surface area contributed by atoms with Gasteiger partial charge in [-0.3, -0.25) is 9.48 Å². The maximum absolute atomic E-state index is 12.1. The number of ether oxygens (including phenoxy) is 1. The van der Waals surface area contributed by atoms with Crippen molar-refractivity contribution in [3.63, 3.8) is 0 Å². The maximum atomic E-state index is 12.1. The summed E-state index contributed by atoms with van der Waals surface area (Å²) in [5.74, 6) is 0.283. The van der Waals surface area contributed by atoms with Gasteiger partial charge in [0.25, 0.3) is 0 Å².